The van der Waals surface area contributed by atoms with Crippen molar-refractivity contribution in [2.24, 2.45) is 11.8 Å². The number of hydrogen-bond donors (Lipinski definition) is 2. The summed E-state index contributed by atoms with van der Waals surface area (Å²) in [5.74, 6) is -3.01. The number of hydrogen-bond acceptors (Lipinski definition) is 8. The van der Waals surface area contributed by atoms with E-state index in [1.807, 2.05) is 81.4 Å². The summed E-state index contributed by atoms with van der Waals surface area (Å²) < 4.78 is 17.6. The van der Waals surface area contributed by atoms with E-state index < -0.39 is 47.6 Å². The zero-order valence-corrected chi connectivity index (χ0v) is 29.9. The maximum Gasteiger partial charge on any atom is 0.429 e. The van der Waals surface area contributed by atoms with Crippen LogP contribution >= 0.6 is 0 Å². The number of carbonyl (C=O) groups excluding carboxylic acids is 4. The van der Waals surface area contributed by atoms with E-state index in [1.54, 1.807) is 0 Å². The van der Waals surface area contributed by atoms with Crippen LogP contribution in [-0.4, -0.2) is 71.5 Å². The Labute approximate surface area is 296 Å². The van der Waals surface area contributed by atoms with Gasteiger partial charge in [0.2, 0.25) is 17.7 Å². The molecular formula is C38H54N4O8. The number of amides is 4. The predicted molar refractivity (Wildman–Crippen MR) is 187 cm³/mol. The molecule has 0 spiro atoms. The van der Waals surface area contributed by atoms with Gasteiger partial charge in [-0.3, -0.25) is 19.2 Å². The normalized spacial score (nSPS) is 18.4. The monoisotopic (exact) mass is 694 g/mol. The first-order valence-electron chi connectivity index (χ1n) is 17.9. The van der Waals surface area contributed by atoms with Crippen LogP contribution in [0.2, 0.25) is 0 Å². The Balaban J connectivity index is 1.57. The topological polar surface area (TPSA) is 136 Å². The van der Waals surface area contributed by atoms with E-state index in [0.29, 0.717) is 45.3 Å². The van der Waals surface area contributed by atoms with Gasteiger partial charge in [-0.05, 0) is 49.7 Å². The van der Waals surface area contributed by atoms with E-state index >= 15 is 0 Å². The van der Waals surface area contributed by atoms with E-state index in [9.17, 15) is 19.2 Å². The van der Waals surface area contributed by atoms with Gasteiger partial charge < -0.3 is 19.5 Å². The molecule has 2 saturated heterocycles. The molecule has 0 saturated carbocycles. The molecule has 0 aromatic heterocycles. The molecule has 274 valence electrons. The first-order chi connectivity index (χ1) is 24.1. The standard InChI is InChI=1S/C38H54N4O8/c1-5-6-9-19-31(25-34(43)40-50-27-30-17-12-8-13-18-30)36(45)42-32(35(44)39-33(24-28(2)3)38(4)48-22-23-49-38)20-14-21-41(42)37(46)47-26-29-15-10-7-11-16-29/h7-8,10-13,15-18,28,31-33H,5-6,9,14,19-27H2,1-4H3,(H,39,44)(H,40,43)/t31-,32+,33+/m1/s1. The molecule has 2 aromatic rings. The minimum absolute atomic E-state index is 0.000348. The van der Waals surface area contributed by atoms with Crippen LogP contribution in [0.4, 0.5) is 4.79 Å². The maximum atomic E-state index is 14.6. The Kier molecular flexibility index (Phi) is 15.1. The van der Waals surface area contributed by atoms with Crippen molar-refractivity contribution in [1.29, 1.82) is 0 Å². The highest BCUT2D eigenvalue weighted by atomic mass is 16.7. The number of rotatable bonds is 17. The summed E-state index contributed by atoms with van der Waals surface area (Å²) >= 11 is 0. The van der Waals surface area contributed by atoms with Gasteiger partial charge in [-0.1, -0.05) is 101 Å². The van der Waals surface area contributed by atoms with Gasteiger partial charge in [0, 0.05) is 18.9 Å². The van der Waals surface area contributed by atoms with Crippen LogP contribution in [-0.2, 0) is 46.6 Å². The molecule has 0 unspecified atom stereocenters. The number of nitrogens with zero attached hydrogens (tertiary/aromatic N) is 2. The molecule has 12 heteroatoms. The largest absolute Gasteiger partial charge is 0.443 e. The second-order valence-corrected chi connectivity index (χ2v) is 13.6. The van der Waals surface area contributed by atoms with Gasteiger partial charge in [0.1, 0.15) is 12.6 Å². The average Bonchev–Trinajstić information content (AvgIpc) is 3.57. The zero-order chi connectivity index (χ0) is 35.9. The molecule has 0 bridgehead atoms. The lowest BCUT2D eigenvalue weighted by Gasteiger charge is -2.44. The Bertz CT molecular complexity index is 1370. The summed E-state index contributed by atoms with van der Waals surface area (Å²) in [4.78, 5) is 61.2. The van der Waals surface area contributed by atoms with Crippen LogP contribution in [0.15, 0.2) is 60.7 Å². The minimum Gasteiger partial charge on any atom is -0.443 e. The van der Waals surface area contributed by atoms with Gasteiger partial charge >= 0.3 is 6.09 Å². The lowest BCUT2D eigenvalue weighted by atomic mass is 9.94. The summed E-state index contributed by atoms with van der Waals surface area (Å²) in [5, 5.41) is 5.59. The molecule has 4 amide bonds. The second kappa shape index (κ2) is 19.4. The van der Waals surface area contributed by atoms with Gasteiger partial charge in [0.05, 0.1) is 25.9 Å². The fourth-order valence-corrected chi connectivity index (χ4v) is 6.38. The lowest BCUT2D eigenvalue weighted by Crippen LogP contribution is -2.65. The molecule has 50 heavy (non-hydrogen) atoms. The van der Waals surface area contributed by atoms with Gasteiger partial charge in [0.25, 0.3) is 0 Å². The first kappa shape index (κ1) is 38.8. The average molecular weight is 695 g/mol. The first-order valence-corrected chi connectivity index (χ1v) is 17.9. The van der Waals surface area contributed by atoms with Crippen molar-refractivity contribution in [2.75, 3.05) is 19.8 Å². The van der Waals surface area contributed by atoms with E-state index in [2.05, 4.69) is 17.7 Å². The van der Waals surface area contributed by atoms with Gasteiger partial charge in [-0.2, -0.15) is 0 Å². The van der Waals surface area contributed by atoms with Crippen molar-refractivity contribution in [3.63, 3.8) is 0 Å². The van der Waals surface area contributed by atoms with Crippen molar-refractivity contribution < 1.29 is 38.2 Å². The van der Waals surface area contributed by atoms with Crippen LogP contribution in [0.1, 0.15) is 90.2 Å². The smallest absolute Gasteiger partial charge is 0.429 e. The highest BCUT2D eigenvalue weighted by molar-refractivity contribution is 5.92. The molecule has 0 radical (unpaired) electrons. The molecular weight excluding hydrogens is 640 g/mol. The quantitative estimate of drug-likeness (QED) is 0.160. The third-order valence-corrected chi connectivity index (χ3v) is 9.07. The van der Waals surface area contributed by atoms with Gasteiger partial charge in [-0.15, -0.1) is 0 Å². The molecule has 3 atom stereocenters. The van der Waals surface area contributed by atoms with Crippen LogP contribution in [0.3, 0.4) is 0 Å². The number of ether oxygens (including phenoxy) is 3. The summed E-state index contributed by atoms with van der Waals surface area (Å²) in [6, 6.07) is 17.1. The number of hydrazine groups is 1. The lowest BCUT2D eigenvalue weighted by molar-refractivity contribution is -0.179. The van der Waals surface area contributed by atoms with Crippen LogP contribution in [0.5, 0.6) is 0 Å². The Morgan fingerprint density at radius 3 is 2.20 bits per heavy atom. The highest BCUT2D eigenvalue weighted by Crippen LogP contribution is 2.30. The molecule has 0 aliphatic carbocycles. The molecule has 2 aliphatic heterocycles. The summed E-state index contributed by atoms with van der Waals surface area (Å²) in [6.45, 7) is 9.13. The third kappa shape index (κ3) is 11.3. The van der Waals surface area contributed by atoms with Crippen molar-refractivity contribution in [3.8, 4) is 0 Å². The number of unbranched alkanes of at least 4 members (excludes halogenated alkanes) is 2. The van der Waals surface area contributed by atoms with Gasteiger partial charge in [0.15, 0.2) is 5.79 Å². The zero-order valence-electron chi connectivity index (χ0n) is 29.9. The Morgan fingerprint density at radius 2 is 1.58 bits per heavy atom. The van der Waals surface area contributed by atoms with Crippen LogP contribution in [0.25, 0.3) is 0 Å². The highest BCUT2D eigenvalue weighted by Gasteiger charge is 2.46. The third-order valence-electron chi connectivity index (χ3n) is 9.07. The molecule has 2 heterocycles. The van der Waals surface area contributed by atoms with Crippen molar-refractivity contribution >= 4 is 23.8 Å². The number of carbonyl (C=O) groups is 4. The SMILES string of the molecule is CCCCC[C@H](CC(=O)NOCc1ccccc1)C(=O)N1[C@H](C(=O)N[C@@H](CC(C)C)C2(C)OCCO2)CCCN1C(=O)OCc1ccccc1. The molecule has 2 aliphatic rings. The van der Waals surface area contributed by atoms with Crippen LogP contribution < -0.4 is 10.8 Å². The van der Waals surface area contributed by atoms with Crippen molar-refractivity contribution in [3.05, 3.63) is 71.8 Å². The summed E-state index contributed by atoms with van der Waals surface area (Å²) in [5.41, 5.74) is 4.14. The fourth-order valence-electron chi connectivity index (χ4n) is 6.38. The van der Waals surface area contributed by atoms with Gasteiger partial charge in [-0.25, -0.2) is 20.3 Å². The summed E-state index contributed by atoms with van der Waals surface area (Å²) in [7, 11) is 0. The van der Waals surface area contributed by atoms with Crippen molar-refractivity contribution in [1.82, 2.24) is 20.8 Å². The van der Waals surface area contributed by atoms with E-state index in [1.165, 1.54) is 10.0 Å². The fraction of sp³-hybridized carbons (Fsp3) is 0.579. The molecule has 2 aromatic carbocycles. The molecule has 2 fully saturated rings. The summed E-state index contributed by atoms with van der Waals surface area (Å²) in [6.07, 6.45) is 3.31. The maximum absolute atomic E-state index is 14.6. The Morgan fingerprint density at radius 1 is 0.940 bits per heavy atom. The number of nitrogens with one attached hydrogen (secondary N) is 2. The predicted octanol–water partition coefficient (Wildman–Crippen LogP) is 5.66. The van der Waals surface area contributed by atoms with E-state index in [-0.39, 0.29) is 32.1 Å². The number of hydroxylamine groups is 1. The Hall–Kier alpha value is -4.00. The van der Waals surface area contributed by atoms with E-state index in [0.717, 1.165) is 24.0 Å². The van der Waals surface area contributed by atoms with Crippen molar-refractivity contribution in [2.45, 2.75) is 110 Å². The van der Waals surface area contributed by atoms with E-state index in [4.69, 9.17) is 19.0 Å². The minimum atomic E-state index is -1.03. The second-order valence-electron chi connectivity index (χ2n) is 13.6. The molecule has 12 nitrogen and oxygen atoms in total. The van der Waals surface area contributed by atoms with Crippen LogP contribution in [0, 0.1) is 11.8 Å². The molecule has 2 N–H and O–H groups in total. The molecule has 4 rings (SSSR count). The number of benzene rings is 2.